The van der Waals surface area contributed by atoms with E-state index in [9.17, 15) is 9.59 Å². The van der Waals surface area contributed by atoms with Crippen LogP contribution < -0.4 is 11.1 Å². The molecule has 0 aliphatic heterocycles. The summed E-state index contributed by atoms with van der Waals surface area (Å²) >= 11 is 0. The second-order valence-corrected chi connectivity index (χ2v) is 6.45. The van der Waals surface area contributed by atoms with Crippen LogP contribution in [0.4, 0.5) is 4.79 Å². The average Bonchev–Trinajstić information content (AvgIpc) is 3.18. The highest BCUT2D eigenvalue weighted by atomic mass is 16.6. The Morgan fingerprint density at radius 3 is 2.24 bits per heavy atom. The number of nitrogens with two attached hydrogens (primary N) is 1. The van der Waals surface area contributed by atoms with E-state index in [0.29, 0.717) is 11.5 Å². The second kappa shape index (κ2) is 5.76. The molecular weight excluding hydrogens is 268 g/mol. The molecular formula is C16H22N2O3. The van der Waals surface area contributed by atoms with Crippen LogP contribution in [0, 0.1) is 5.92 Å². The summed E-state index contributed by atoms with van der Waals surface area (Å²) in [6.45, 7) is 5.50. The smallest absolute Gasteiger partial charge is 0.408 e. The number of alkyl carbamates (subject to hydrolysis) is 1. The molecule has 2 amide bonds. The minimum Gasteiger partial charge on any atom is -0.444 e. The highest BCUT2D eigenvalue weighted by Gasteiger charge is 2.34. The molecule has 1 aromatic rings. The molecule has 21 heavy (non-hydrogen) atoms. The first kappa shape index (κ1) is 15.4. The Labute approximate surface area is 124 Å². The Balaban J connectivity index is 2.08. The summed E-state index contributed by atoms with van der Waals surface area (Å²) in [6.07, 6.45) is 1.74. The van der Waals surface area contributed by atoms with Gasteiger partial charge in [-0.3, -0.25) is 4.79 Å². The van der Waals surface area contributed by atoms with Crippen molar-refractivity contribution in [3.05, 3.63) is 35.4 Å². The van der Waals surface area contributed by atoms with Gasteiger partial charge in [0, 0.05) is 5.56 Å². The molecule has 2 rings (SSSR count). The van der Waals surface area contributed by atoms with Crippen LogP contribution in [-0.2, 0) is 4.74 Å². The number of hydrogen-bond donors (Lipinski definition) is 2. The molecule has 0 aromatic heterocycles. The number of carbonyl (C=O) groups is 2. The van der Waals surface area contributed by atoms with Gasteiger partial charge in [0.15, 0.2) is 0 Å². The molecule has 1 aromatic carbocycles. The van der Waals surface area contributed by atoms with E-state index in [4.69, 9.17) is 10.5 Å². The van der Waals surface area contributed by atoms with Gasteiger partial charge in [0.25, 0.3) is 0 Å². The molecule has 5 nitrogen and oxygen atoms in total. The highest BCUT2D eigenvalue weighted by Crippen LogP contribution is 2.41. The number of nitrogens with one attached hydrogen (secondary N) is 1. The van der Waals surface area contributed by atoms with Crippen molar-refractivity contribution < 1.29 is 14.3 Å². The summed E-state index contributed by atoms with van der Waals surface area (Å²) in [7, 11) is 0. The predicted octanol–water partition coefficient (Wildman–Crippen LogP) is 2.76. The molecule has 1 aliphatic rings. The SMILES string of the molecule is CC(C)(C)OC(=O)NC(c1ccc(C(N)=O)cc1)C1CC1. The summed E-state index contributed by atoms with van der Waals surface area (Å²) in [4.78, 5) is 23.0. The van der Waals surface area contributed by atoms with Crippen molar-refractivity contribution in [1.82, 2.24) is 5.32 Å². The first-order valence-corrected chi connectivity index (χ1v) is 7.15. The molecule has 0 bridgehead atoms. The zero-order chi connectivity index (χ0) is 15.6. The maximum atomic E-state index is 11.9. The van der Waals surface area contributed by atoms with Crippen molar-refractivity contribution in [3.63, 3.8) is 0 Å². The standard InChI is InChI=1S/C16H22N2O3/c1-16(2,3)21-15(20)18-13(10-4-5-10)11-6-8-12(9-7-11)14(17)19/h6-10,13H,4-5H2,1-3H3,(H2,17,19)(H,18,20). The van der Waals surface area contributed by atoms with Gasteiger partial charge in [0.05, 0.1) is 6.04 Å². The van der Waals surface area contributed by atoms with Crippen LogP contribution >= 0.6 is 0 Å². The molecule has 0 saturated heterocycles. The Bertz CT molecular complexity index is 527. The fourth-order valence-electron chi connectivity index (χ4n) is 2.19. The Morgan fingerprint density at radius 1 is 1.24 bits per heavy atom. The zero-order valence-corrected chi connectivity index (χ0v) is 12.7. The quantitative estimate of drug-likeness (QED) is 0.894. The van der Waals surface area contributed by atoms with Crippen molar-refractivity contribution in [2.75, 3.05) is 0 Å². The normalized spacial score (nSPS) is 16.1. The molecule has 0 heterocycles. The molecule has 114 valence electrons. The van der Waals surface area contributed by atoms with E-state index in [1.165, 1.54) is 0 Å². The van der Waals surface area contributed by atoms with Crippen molar-refractivity contribution in [2.24, 2.45) is 11.7 Å². The zero-order valence-electron chi connectivity index (χ0n) is 12.7. The van der Waals surface area contributed by atoms with Crippen molar-refractivity contribution in [2.45, 2.75) is 45.3 Å². The number of ether oxygens (including phenoxy) is 1. The van der Waals surface area contributed by atoms with Gasteiger partial charge < -0.3 is 15.8 Å². The highest BCUT2D eigenvalue weighted by molar-refractivity contribution is 5.92. The van der Waals surface area contributed by atoms with Gasteiger partial charge in [-0.25, -0.2) is 4.79 Å². The monoisotopic (exact) mass is 290 g/mol. The largest absolute Gasteiger partial charge is 0.444 e. The summed E-state index contributed by atoms with van der Waals surface area (Å²) in [5.41, 5.74) is 6.14. The predicted molar refractivity (Wildman–Crippen MR) is 79.8 cm³/mol. The first-order valence-electron chi connectivity index (χ1n) is 7.15. The van der Waals surface area contributed by atoms with Crippen LogP contribution in [0.5, 0.6) is 0 Å². The van der Waals surface area contributed by atoms with Gasteiger partial charge in [0.2, 0.25) is 5.91 Å². The van der Waals surface area contributed by atoms with E-state index in [1.54, 1.807) is 12.1 Å². The molecule has 0 radical (unpaired) electrons. The van der Waals surface area contributed by atoms with Crippen LogP contribution in [0.15, 0.2) is 24.3 Å². The Morgan fingerprint density at radius 2 is 1.81 bits per heavy atom. The minimum atomic E-state index is -0.520. The van der Waals surface area contributed by atoms with Crippen LogP contribution in [-0.4, -0.2) is 17.6 Å². The summed E-state index contributed by atoms with van der Waals surface area (Å²) in [5, 5.41) is 2.92. The third-order valence-corrected chi connectivity index (χ3v) is 3.32. The minimum absolute atomic E-state index is 0.0817. The van der Waals surface area contributed by atoms with Gasteiger partial charge in [-0.2, -0.15) is 0 Å². The number of benzene rings is 1. The number of hydrogen-bond acceptors (Lipinski definition) is 3. The Hall–Kier alpha value is -2.04. The van der Waals surface area contributed by atoms with E-state index < -0.39 is 17.6 Å². The lowest BCUT2D eigenvalue weighted by Gasteiger charge is -2.24. The summed E-state index contributed by atoms with van der Waals surface area (Å²) in [5.74, 6) is -0.0263. The number of primary amides is 1. The van der Waals surface area contributed by atoms with Gasteiger partial charge >= 0.3 is 6.09 Å². The lowest BCUT2D eigenvalue weighted by molar-refractivity contribution is 0.0497. The second-order valence-electron chi connectivity index (χ2n) is 6.45. The number of carbonyl (C=O) groups excluding carboxylic acids is 2. The van der Waals surface area contributed by atoms with E-state index in [-0.39, 0.29) is 6.04 Å². The van der Waals surface area contributed by atoms with Crippen LogP contribution in [0.3, 0.4) is 0 Å². The van der Waals surface area contributed by atoms with E-state index >= 15 is 0 Å². The molecule has 5 heteroatoms. The van der Waals surface area contributed by atoms with Crippen molar-refractivity contribution in [1.29, 1.82) is 0 Å². The van der Waals surface area contributed by atoms with Crippen LogP contribution in [0.2, 0.25) is 0 Å². The van der Waals surface area contributed by atoms with Crippen LogP contribution in [0.25, 0.3) is 0 Å². The fraction of sp³-hybridized carbons (Fsp3) is 0.500. The Kier molecular flexibility index (Phi) is 4.21. The molecule has 1 aliphatic carbocycles. The van der Waals surface area contributed by atoms with Gasteiger partial charge in [-0.1, -0.05) is 12.1 Å². The van der Waals surface area contributed by atoms with Gasteiger partial charge in [-0.15, -0.1) is 0 Å². The lowest BCUT2D eigenvalue weighted by atomic mass is 10.0. The van der Waals surface area contributed by atoms with Gasteiger partial charge in [-0.05, 0) is 57.2 Å². The first-order chi connectivity index (χ1) is 9.76. The molecule has 3 N–H and O–H groups in total. The molecule has 1 unspecified atom stereocenters. The molecule has 1 fully saturated rings. The lowest BCUT2D eigenvalue weighted by Crippen LogP contribution is -2.35. The third-order valence-electron chi connectivity index (χ3n) is 3.32. The van der Waals surface area contributed by atoms with E-state index in [0.717, 1.165) is 18.4 Å². The average molecular weight is 290 g/mol. The van der Waals surface area contributed by atoms with Crippen LogP contribution in [0.1, 0.15) is 55.6 Å². The van der Waals surface area contributed by atoms with Gasteiger partial charge in [0.1, 0.15) is 5.60 Å². The maximum Gasteiger partial charge on any atom is 0.408 e. The molecule has 1 saturated carbocycles. The van der Waals surface area contributed by atoms with Crippen molar-refractivity contribution in [3.8, 4) is 0 Å². The topological polar surface area (TPSA) is 81.4 Å². The maximum absolute atomic E-state index is 11.9. The number of rotatable bonds is 4. The third kappa shape index (κ3) is 4.48. The molecule has 1 atom stereocenters. The van der Waals surface area contributed by atoms with E-state index in [1.807, 2.05) is 32.9 Å². The summed E-state index contributed by atoms with van der Waals surface area (Å²) < 4.78 is 5.31. The van der Waals surface area contributed by atoms with E-state index in [2.05, 4.69) is 5.32 Å². The fourth-order valence-corrected chi connectivity index (χ4v) is 2.19. The summed E-state index contributed by atoms with van der Waals surface area (Å²) in [6, 6.07) is 6.95. The van der Waals surface area contributed by atoms with Crippen molar-refractivity contribution >= 4 is 12.0 Å². The molecule has 0 spiro atoms. The number of amides is 2.